The van der Waals surface area contributed by atoms with Gasteiger partial charge in [0.25, 0.3) is 5.56 Å². The first-order chi connectivity index (χ1) is 9.56. The summed E-state index contributed by atoms with van der Waals surface area (Å²) in [4.78, 5) is 27.4. The number of aromatic nitrogens is 2. The third-order valence-electron chi connectivity index (χ3n) is 2.76. The number of hydrogen-bond acceptors (Lipinski definition) is 3. The molecule has 0 fully saturated rings. The Hall–Kier alpha value is -2.14. The van der Waals surface area contributed by atoms with Gasteiger partial charge in [0.05, 0.1) is 6.33 Å². The smallest absolute Gasteiger partial charge is 0.253 e. The van der Waals surface area contributed by atoms with Gasteiger partial charge in [-0.1, -0.05) is 29.8 Å². The van der Waals surface area contributed by atoms with E-state index in [1.807, 2.05) is 18.2 Å². The maximum absolute atomic E-state index is 11.8. The van der Waals surface area contributed by atoms with Crippen LogP contribution in [0.4, 0.5) is 0 Å². The van der Waals surface area contributed by atoms with Gasteiger partial charge in [-0.2, -0.15) is 0 Å². The predicted molar refractivity (Wildman–Crippen MR) is 76.5 cm³/mol. The van der Waals surface area contributed by atoms with Gasteiger partial charge in [0.1, 0.15) is 6.54 Å². The van der Waals surface area contributed by atoms with Crippen LogP contribution in [0.5, 0.6) is 0 Å². The number of carbonyl (C=O) groups is 1. The van der Waals surface area contributed by atoms with Crippen molar-refractivity contribution in [2.24, 2.45) is 0 Å². The van der Waals surface area contributed by atoms with Crippen LogP contribution in [-0.2, 0) is 17.9 Å². The molecule has 0 aliphatic carbocycles. The molecule has 0 atom stereocenters. The maximum Gasteiger partial charge on any atom is 0.253 e. The van der Waals surface area contributed by atoms with E-state index in [1.54, 1.807) is 13.0 Å². The van der Waals surface area contributed by atoms with Crippen molar-refractivity contribution in [2.45, 2.75) is 20.0 Å². The summed E-state index contributed by atoms with van der Waals surface area (Å²) in [5.74, 6) is -0.266. The minimum absolute atomic E-state index is 0.0590. The topological polar surface area (TPSA) is 64.0 Å². The van der Waals surface area contributed by atoms with Gasteiger partial charge < -0.3 is 5.32 Å². The van der Waals surface area contributed by atoms with Crippen LogP contribution >= 0.6 is 11.6 Å². The third kappa shape index (κ3) is 3.68. The highest BCUT2D eigenvalue weighted by Gasteiger charge is 2.06. The largest absolute Gasteiger partial charge is 0.350 e. The summed E-state index contributed by atoms with van der Waals surface area (Å²) in [5, 5.41) is 3.32. The van der Waals surface area contributed by atoms with E-state index in [1.165, 1.54) is 17.0 Å². The van der Waals surface area contributed by atoms with E-state index in [-0.39, 0.29) is 18.0 Å². The Morgan fingerprint density at radius 2 is 2.15 bits per heavy atom. The summed E-state index contributed by atoms with van der Waals surface area (Å²) in [7, 11) is 0. The molecule has 1 amide bonds. The molecule has 2 rings (SSSR count). The number of amides is 1. The molecule has 0 saturated carbocycles. The molecule has 5 nitrogen and oxygen atoms in total. The second kappa shape index (κ2) is 6.34. The third-order valence-corrected chi connectivity index (χ3v) is 3.13. The normalized spacial score (nSPS) is 10.3. The molecule has 0 spiro atoms. The van der Waals surface area contributed by atoms with Crippen LogP contribution in [0.2, 0.25) is 5.02 Å². The van der Waals surface area contributed by atoms with Crippen LogP contribution in [-0.4, -0.2) is 15.5 Å². The van der Waals surface area contributed by atoms with Crippen molar-refractivity contribution in [2.75, 3.05) is 0 Å². The number of nitrogens with one attached hydrogen (secondary N) is 1. The predicted octanol–water partition coefficient (Wildman–Crippen LogP) is 1.52. The molecule has 20 heavy (non-hydrogen) atoms. The molecule has 6 heteroatoms. The fraction of sp³-hybridized carbons (Fsp3) is 0.214. The summed E-state index contributed by atoms with van der Waals surface area (Å²) in [5.41, 5.74) is 1.21. The van der Waals surface area contributed by atoms with Gasteiger partial charge in [0.15, 0.2) is 0 Å². The summed E-state index contributed by atoms with van der Waals surface area (Å²) in [6.07, 6.45) is 1.37. The minimum Gasteiger partial charge on any atom is -0.350 e. The molecule has 104 valence electrons. The molecule has 0 radical (unpaired) electrons. The van der Waals surface area contributed by atoms with E-state index in [0.29, 0.717) is 17.3 Å². The van der Waals surface area contributed by atoms with Crippen molar-refractivity contribution in [3.8, 4) is 0 Å². The lowest BCUT2D eigenvalue weighted by Crippen LogP contribution is -2.32. The molecular weight excluding hydrogens is 278 g/mol. The van der Waals surface area contributed by atoms with E-state index < -0.39 is 0 Å². The average molecular weight is 292 g/mol. The molecule has 0 unspecified atom stereocenters. The highest BCUT2D eigenvalue weighted by Crippen LogP contribution is 2.14. The van der Waals surface area contributed by atoms with Crippen LogP contribution in [0, 0.1) is 6.92 Å². The first-order valence-electron chi connectivity index (χ1n) is 6.09. The lowest BCUT2D eigenvalue weighted by molar-refractivity contribution is -0.121. The Bertz CT molecular complexity index is 682. The highest BCUT2D eigenvalue weighted by molar-refractivity contribution is 6.31. The summed E-state index contributed by atoms with van der Waals surface area (Å²) in [6.45, 7) is 1.99. The zero-order valence-corrected chi connectivity index (χ0v) is 11.7. The van der Waals surface area contributed by atoms with E-state index in [0.717, 1.165) is 5.56 Å². The van der Waals surface area contributed by atoms with Gasteiger partial charge in [0, 0.05) is 23.3 Å². The molecule has 1 aromatic carbocycles. The summed E-state index contributed by atoms with van der Waals surface area (Å²) < 4.78 is 1.26. The highest BCUT2D eigenvalue weighted by atomic mass is 35.5. The van der Waals surface area contributed by atoms with Crippen molar-refractivity contribution in [1.29, 1.82) is 0 Å². The van der Waals surface area contributed by atoms with Crippen molar-refractivity contribution in [3.63, 3.8) is 0 Å². The molecule has 0 aliphatic heterocycles. The van der Waals surface area contributed by atoms with Crippen molar-refractivity contribution in [1.82, 2.24) is 14.9 Å². The first kappa shape index (κ1) is 14.3. The molecular formula is C14H14ClN3O2. The Balaban J connectivity index is 1.96. The van der Waals surface area contributed by atoms with Crippen LogP contribution in [0.15, 0.2) is 41.5 Å². The fourth-order valence-corrected chi connectivity index (χ4v) is 1.88. The van der Waals surface area contributed by atoms with Gasteiger partial charge in [-0.3, -0.25) is 14.2 Å². The zero-order valence-electron chi connectivity index (χ0n) is 11.0. The molecule has 1 heterocycles. The molecule has 1 aromatic heterocycles. The van der Waals surface area contributed by atoms with E-state index >= 15 is 0 Å². The molecule has 0 aliphatic rings. The molecule has 0 saturated heterocycles. The SMILES string of the molecule is Cc1cc(=O)n(CC(=O)NCc2ccccc2Cl)cn1. The summed E-state index contributed by atoms with van der Waals surface area (Å²) >= 11 is 5.99. The average Bonchev–Trinajstić information content (AvgIpc) is 2.41. The molecule has 2 aromatic rings. The summed E-state index contributed by atoms with van der Waals surface area (Å²) in [6, 6.07) is 8.66. The number of nitrogens with zero attached hydrogens (tertiary/aromatic N) is 2. The maximum atomic E-state index is 11.8. The quantitative estimate of drug-likeness (QED) is 0.929. The molecule has 1 N–H and O–H groups in total. The second-order valence-electron chi connectivity index (χ2n) is 4.36. The number of carbonyl (C=O) groups excluding carboxylic acids is 1. The minimum atomic E-state index is -0.266. The number of aryl methyl sites for hydroxylation is 1. The van der Waals surface area contributed by atoms with E-state index in [2.05, 4.69) is 10.3 Å². The number of benzene rings is 1. The van der Waals surface area contributed by atoms with Gasteiger partial charge in [0.2, 0.25) is 5.91 Å². The lowest BCUT2D eigenvalue weighted by atomic mass is 10.2. The number of rotatable bonds is 4. The fourth-order valence-electron chi connectivity index (χ4n) is 1.68. The van der Waals surface area contributed by atoms with Crippen molar-refractivity contribution < 1.29 is 4.79 Å². The van der Waals surface area contributed by atoms with Crippen LogP contribution in [0.1, 0.15) is 11.3 Å². The van der Waals surface area contributed by atoms with E-state index in [9.17, 15) is 9.59 Å². The van der Waals surface area contributed by atoms with Gasteiger partial charge in [-0.05, 0) is 18.6 Å². The number of hydrogen-bond donors (Lipinski definition) is 1. The van der Waals surface area contributed by atoms with Gasteiger partial charge in [-0.15, -0.1) is 0 Å². The second-order valence-corrected chi connectivity index (χ2v) is 4.77. The Kier molecular flexibility index (Phi) is 4.53. The standard InChI is InChI=1S/C14H14ClN3O2/c1-10-6-14(20)18(9-17-10)8-13(19)16-7-11-4-2-3-5-12(11)15/h2-6,9H,7-8H2,1H3,(H,16,19). The number of halogens is 1. The Morgan fingerprint density at radius 3 is 2.85 bits per heavy atom. The zero-order chi connectivity index (χ0) is 14.5. The van der Waals surface area contributed by atoms with Crippen molar-refractivity contribution >= 4 is 17.5 Å². The van der Waals surface area contributed by atoms with Gasteiger partial charge in [-0.25, -0.2) is 4.98 Å². The Morgan fingerprint density at radius 1 is 1.40 bits per heavy atom. The van der Waals surface area contributed by atoms with Crippen LogP contribution < -0.4 is 10.9 Å². The van der Waals surface area contributed by atoms with Gasteiger partial charge >= 0.3 is 0 Å². The monoisotopic (exact) mass is 291 g/mol. The van der Waals surface area contributed by atoms with E-state index in [4.69, 9.17) is 11.6 Å². The van der Waals surface area contributed by atoms with Crippen LogP contribution in [0.25, 0.3) is 0 Å². The Labute approximate surface area is 121 Å². The van der Waals surface area contributed by atoms with Crippen LogP contribution in [0.3, 0.4) is 0 Å². The molecule has 0 bridgehead atoms. The lowest BCUT2D eigenvalue weighted by Gasteiger charge is -2.08. The first-order valence-corrected chi connectivity index (χ1v) is 6.47. The van der Waals surface area contributed by atoms with Crippen molar-refractivity contribution in [3.05, 3.63) is 63.3 Å².